The van der Waals surface area contributed by atoms with Crippen LogP contribution < -0.4 is 10.2 Å². The first-order chi connectivity index (χ1) is 13.6. The Morgan fingerprint density at radius 2 is 1.79 bits per heavy atom. The maximum atomic E-state index is 12.9. The highest BCUT2D eigenvalue weighted by Crippen LogP contribution is 2.32. The van der Waals surface area contributed by atoms with Gasteiger partial charge in [-0.05, 0) is 30.0 Å². The molecule has 2 bridgehead atoms. The van der Waals surface area contributed by atoms with Gasteiger partial charge < -0.3 is 10.2 Å². The van der Waals surface area contributed by atoms with E-state index < -0.39 is 10.0 Å². The SMILES string of the molecule is O=S(=O)(Cc1ccccc1)N1CCc2nc(N3C4CCC3CNC4)ccc2C1. The topological polar surface area (TPSA) is 65.5 Å². The number of pyridine rings is 1. The molecule has 148 valence electrons. The van der Waals surface area contributed by atoms with Gasteiger partial charge in [0.25, 0.3) is 0 Å². The molecule has 2 unspecified atom stereocenters. The Morgan fingerprint density at radius 1 is 1.04 bits per heavy atom. The number of hydrogen-bond acceptors (Lipinski definition) is 5. The lowest BCUT2D eigenvalue weighted by atomic mass is 10.1. The molecule has 6 nitrogen and oxygen atoms in total. The number of hydrogen-bond donors (Lipinski definition) is 1. The van der Waals surface area contributed by atoms with Gasteiger partial charge >= 0.3 is 0 Å². The molecule has 1 aromatic carbocycles. The van der Waals surface area contributed by atoms with Crippen molar-refractivity contribution in [2.75, 3.05) is 24.5 Å². The number of nitrogens with zero attached hydrogens (tertiary/aromatic N) is 3. The molecule has 1 N–H and O–H groups in total. The lowest BCUT2D eigenvalue weighted by Gasteiger charge is -2.37. The predicted molar refractivity (Wildman–Crippen MR) is 110 cm³/mol. The molecule has 3 aliphatic heterocycles. The maximum Gasteiger partial charge on any atom is 0.218 e. The zero-order valence-corrected chi connectivity index (χ0v) is 16.7. The fourth-order valence-electron chi connectivity index (χ4n) is 4.79. The average Bonchev–Trinajstić information content (AvgIpc) is 2.96. The van der Waals surface area contributed by atoms with Crippen LogP contribution in [0.1, 0.15) is 29.7 Å². The number of benzene rings is 1. The van der Waals surface area contributed by atoms with Crippen LogP contribution in [-0.4, -0.2) is 49.4 Å². The summed E-state index contributed by atoms with van der Waals surface area (Å²) in [5, 5.41) is 3.51. The highest BCUT2D eigenvalue weighted by atomic mass is 32.2. The Kier molecular flexibility index (Phi) is 4.61. The van der Waals surface area contributed by atoms with Crippen molar-refractivity contribution in [1.82, 2.24) is 14.6 Å². The molecule has 0 radical (unpaired) electrons. The minimum atomic E-state index is -3.33. The van der Waals surface area contributed by atoms with Crippen LogP contribution in [0.15, 0.2) is 42.5 Å². The van der Waals surface area contributed by atoms with Crippen LogP contribution in [0.3, 0.4) is 0 Å². The molecule has 5 rings (SSSR count). The molecule has 0 spiro atoms. The van der Waals surface area contributed by atoms with Crippen LogP contribution in [0, 0.1) is 0 Å². The average molecular weight is 399 g/mol. The van der Waals surface area contributed by atoms with Crippen LogP contribution in [0.5, 0.6) is 0 Å². The normalized spacial score (nSPS) is 24.9. The van der Waals surface area contributed by atoms with Crippen molar-refractivity contribution in [3.05, 3.63) is 59.3 Å². The van der Waals surface area contributed by atoms with Crippen molar-refractivity contribution in [2.24, 2.45) is 0 Å². The second-order valence-electron chi connectivity index (χ2n) is 8.05. The summed E-state index contributed by atoms with van der Waals surface area (Å²) in [5.41, 5.74) is 2.92. The van der Waals surface area contributed by atoms with E-state index in [9.17, 15) is 8.42 Å². The molecule has 2 aromatic rings. The van der Waals surface area contributed by atoms with Gasteiger partial charge in [0.1, 0.15) is 5.82 Å². The largest absolute Gasteiger partial charge is 0.348 e. The van der Waals surface area contributed by atoms with Gasteiger partial charge in [-0.3, -0.25) is 0 Å². The number of anilines is 1. The monoisotopic (exact) mass is 398 g/mol. The van der Waals surface area contributed by atoms with E-state index >= 15 is 0 Å². The highest BCUT2D eigenvalue weighted by molar-refractivity contribution is 7.88. The first-order valence-electron chi connectivity index (χ1n) is 10.1. The van der Waals surface area contributed by atoms with Gasteiger partial charge in [0.15, 0.2) is 0 Å². The summed E-state index contributed by atoms with van der Waals surface area (Å²) >= 11 is 0. The molecule has 1 aromatic heterocycles. The molecule has 28 heavy (non-hydrogen) atoms. The standard InChI is InChI=1S/C21H26N4O2S/c26-28(27,15-16-4-2-1-3-5-16)24-11-10-20-17(14-24)6-9-21(23-20)25-18-7-8-19(25)13-22-12-18/h1-6,9,18-19,22H,7-8,10-15H2. The zero-order valence-electron chi connectivity index (χ0n) is 15.9. The third-order valence-corrected chi connectivity index (χ3v) is 8.02. The Morgan fingerprint density at radius 3 is 2.54 bits per heavy atom. The lowest BCUT2D eigenvalue weighted by molar-refractivity contribution is 0.387. The summed E-state index contributed by atoms with van der Waals surface area (Å²) in [7, 11) is -3.33. The van der Waals surface area contributed by atoms with Crippen LogP contribution in [0.4, 0.5) is 5.82 Å². The minimum Gasteiger partial charge on any atom is -0.348 e. The highest BCUT2D eigenvalue weighted by Gasteiger charge is 2.37. The van der Waals surface area contributed by atoms with Crippen molar-refractivity contribution < 1.29 is 8.42 Å². The zero-order chi connectivity index (χ0) is 19.1. The fourth-order valence-corrected chi connectivity index (χ4v) is 6.29. The Bertz CT molecular complexity index is 948. The van der Waals surface area contributed by atoms with Gasteiger partial charge in [0, 0.05) is 50.4 Å². The van der Waals surface area contributed by atoms with Crippen LogP contribution in [0.2, 0.25) is 0 Å². The Hall–Kier alpha value is -1.96. The Labute approximate surface area is 166 Å². The van der Waals surface area contributed by atoms with Crippen LogP contribution in [0.25, 0.3) is 0 Å². The van der Waals surface area contributed by atoms with E-state index in [0.717, 1.165) is 35.7 Å². The number of sulfonamides is 1. The van der Waals surface area contributed by atoms with E-state index in [2.05, 4.69) is 22.3 Å². The van der Waals surface area contributed by atoms with E-state index in [0.29, 0.717) is 31.6 Å². The predicted octanol–water partition coefficient (Wildman–Crippen LogP) is 1.91. The molecule has 0 aliphatic carbocycles. The number of piperazine rings is 1. The fraction of sp³-hybridized carbons (Fsp3) is 0.476. The van der Waals surface area contributed by atoms with Gasteiger partial charge in [-0.1, -0.05) is 36.4 Å². The van der Waals surface area contributed by atoms with Gasteiger partial charge in [-0.25, -0.2) is 13.4 Å². The number of rotatable bonds is 4. The van der Waals surface area contributed by atoms with Gasteiger partial charge in [-0.15, -0.1) is 0 Å². The minimum absolute atomic E-state index is 0.0544. The number of nitrogens with one attached hydrogen (secondary N) is 1. The van der Waals surface area contributed by atoms with Crippen molar-refractivity contribution in [3.63, 3.8) is 0 Å². The second-order valence-corrected chi connectivity index (χ2v) is 10.0. The van der Waals surface area contributed by atoms with Crippen molar-refractivity contribution in [2.45, 2.75) is 43.6 Å². The molecular formula is C21H26N4O2S. The maximum absolute atomic E-state index is 12.9. The molecule has 2 fully saturated rings. The molecule has 2 saturated heterocycles. The number of fused-ring (bicyclic) bond motifs is 3. The summed E-state index contributed by atoms with van der Waals surface area (Å²) in [6.45, 7) is 2.99. The molecular weight excluding hydrogens is 372 g/mol. The number of aromatic nitrogens is 1. The second kappa shape index (κ2) is 7.13. The first kappa shape index (κ1) is 18.1. The first-order valence-corrected chi connectivity index (χ1v) is 11.7. The van der Waals surface area contributed by atoms with Gasteiger partial charge in [-0.2, -0.15) is 4.31 Å². The molecule has 0 amide bonds. The van der Waals surface area contributed by atoms with E-state index in [1.54, 1.807) is 4.31 Å². The third kappa shape index (κ3) is 3.32. The molecule has 2 atom stereocenters. The van der Waals surface area contributed by atoms with Crippen LogP contribution in [-0.2, 0) is 28.7 Å². The third-order valence-electron chi connectivity index (χ3n) is 6.23. The quantitative estimate of drug-likeness (QED) is 0.852. The Balaban J connectivity index is 1.34. The summed E-state index contributed by atoms with van der Waals surface area (Å²) in [6.07, 6.45) is 3.13. The summed E-state index contributed by atoms with van der Waals surface area (Å²) in [5.74, 6) is 1.12. The molecule has 7 heteroatoms. The molecule has 3 aliphatic rings. The van der Waals surface area contributed by atoms with E-state index in [1.807, 2.05) is 30.3 Å². The van der Waals surface area contributed by atoms with Gasteiger partial charge in [0.05, 0.1) is 5.75 Å². The smallest absolute Gasteiger partial charge is 0.218 e. The van der Waals surface area contributed by atoms with Crippen LogP contribution >= 0.6 is 0 Å². The molecule has 0 saturated carbocycles. The van der Waals surface area contributed by atoms with E-state index in [-0.39, 0.29) is 5.75 Å². The van der Waals surface area contributed by atoms with Crippen molar-refractivity contribution in [3.8, 4) is 0 Å². The van der Waals surface area contributed by atoms with Gasteiger partial charge in [0.2, 0.25) is 10.0 Å². The summed E-state index contributed by atoms with van der Waals surface area (Å²) in [4.78, 5) is 7.44. The summed E-state index contributed by atoms with van der Waals surface area (Å²) in [6, 6.07) is 14.6. The van der Waals surface area contributed by atoms with E-state index in [4.69, 9.17) is 4.98 Å². The van der Waals surface area contributed by atoms with Crippen molar-refractivity contribution in [1.29, 1.82) is 0 Å². The lowest BCUT2D eigenvalue weighted by Crippen LogP contribution is -2.52. The van der Waals surface area contributed by atoms with E-state index in [1.165, 1.54) is 12.8 Å². The summed E-state index contributed by atoms with van der Waals surface area (Å²) < 4.78 is 27.3. The molecule has 4 heterocycles. The van der Waals surface area contributed by atoms with Crippen molar-refractivity contribution >= 4 is 15.8 Å².